The summed E-state index contributed by atoms with van der Waals surface area (Å²) in [6.07, 6.45) is 3.30. The maximum absolute atomic E-state index is 12.7. The van der Waals surface area contributed by atoms with Crippen LogP contribution >= 0.6 is 0 Å². The molecule has 3 rings (SSSR count). The molecule has 1 amide bonds. The number of benzene rings is 2. The van der Waals surface area contributed by atoms with Gasteiger partial charge < -0.3 is 14.8 Å². The molecule has 0 aliphatic carbocycles. The number of nitrogens with zero attached hydrogens (tertiary/aromatic N) is 1. The summed E-state index contributed by atoms with van der Waals surface area (Å²) >= 11 is 0. The molecule has 1 heterocycles. The Bertz CT molecular complexity index is 940. The van der Waals surface area contributed by atoms with Gasteiger partial charge in [-0.15, -0.1) is 0 Å². The van der Waals surface area contributed by atoms with Crippen LogP contribution in [0.4, 0.5) is 0 Å². The van der Waals surface area contributed by atoms with Gasteiger partial charge in [0.25, 0.3) is 5.91 Å². The van der Waals surface area contributed by atoms with Crippen LogP contribution in [0.25, 0.3) is 11.1 Å². The van der Waals surface area contributed by atoms with Crippen LogP contribution < -0.4 is 14.8 Å². The first-order chi connectivity index (χ1) is 13.1. The maximum Gasteiger partial charge on any atom is 0.253 e. The molecule has 0 aliphatic rings. The van der Waals surface area contributed by atoms with E-state index in [4.69, 9.17) is 9.47 Å². The van der Waals surface area contributed by atoms with E-state index >= 15 is 0 Å². The van der Waals surface area contributed by atoms with Gasteiger partial charge in [0, 0.05) is 18.0 Å². The van der Waals surface area contributed by atoms with Crippen molar-refractivity contribution in [3.8, 4) is 22.6 Å². The highest BCUT2D eigenvalue weighted by Crippen LogP contribution is 2.24. The number of hydrogen-bond donors (Lipinski definition) is 1. The molecule has 5 heteroatoms. The van der Waals surface area contributed by atoms with Crippen molar-refractivity contribution in [2.45, 2.75) is 13.0 Å². The molecule has 3 aromatic rings. The molecule has 138 valence electrons. The Kier molecular flexibility index (Phi) is 5.71. The summed E-state index contributed by atoms with van der Waals surface area (Å²) in [6, 6.07) is 17.0. The lowest BCUT2D eigenvalue weighted by Gasteiger charge is -2.15. The predicted molar refractivity (Wildman–Crippen MR) is 105 cm³/mol. The standard InChI is InChI=1S/C22H22N2O3/c1-15(16-6-4-8-20(11-16)26-2)24-22(25)19-10-18(13-23-14-19)17-7-5-9-21(12-17)27-3/h4-15H,1-3H3,(H,24,25)/t15-/m1/s1. The van der Waals surface area contributed by atoms with Crippen molar-refractivity contribution in [2.75, 3.05) is 14.2 Å². The first-order valence-corrected chi connectivity index (χ1v) is 8.65. The van der Waals surface area contributed by atoms with Crippen molar-refractivity contribution >= 4 is 5.91 Å². The number of carbonyl (C=O) groups is 1. The zero-order valence-electron chi connectivity index (χ0n) is 15.6. The van der Waals surface area contributed by atoms with E-state index in [0.29, 0.717) is 5.56 Å². The lowest BCUT2D eigenvalue weighted by Crippen LogP contribution is -2.26. The minimum Gasteiger partial charge on any atom is -0.497 e. The van der Waals surface area contributed by atoms with Gasteiger partial charge in [0.2, 0.25) is 0 Å². The van der Waals surface area contributed by atoms with Crippen LogP contribution in [0.5, 0.6) is 11.5 Å². The van der Waals surface area contributed by atoms with Gasteiger partial charge in [-0.1, -0.05) is 24.3 Å². The molecular formula is C22H22N2O3. The highest BCUT2D eigenvalue weighted by molar-refractivity contribution is 5.95. The first-order valence-electron chi connectivity index (χ1n) is 8.65. The second-order valence-corrected chi connectivity index (χ2v) is 6.17. The molecule has 1 aromatic heterocycles. The summed E-state index contributed by atoms with van der Waals surface area (Å²) in [5.74, 6) is 1.34. The third-order valence-corrected chi connectivity index (χ3v) is 4.34. The summed E-state index contributed by atoms with van der Waals surface area (Å²) < 4.78 is 10.5. The zero-order chi connectivity index (χ0) is 19.2. The average molecular weight is 362 g/mol. The summed E-state index contributed by atoms with van der Waals surface area (Å²) in [5, 5.41) is 3.01. The lowest BCUT2D eigenvalue weighted by molar-refractivity contribution is 0.0939. The second kappa shape index (κ2) is 8.36. The van der Waals surface area contributed by atoms with Crippen molar-refractivity contribution in [3.05, 3.63) is 78.1 Å². The van der Waals surface area contributed by atoms with Crippen LogP contribution in [0.15, 0.2) is 67.0 Å². The number of rotatable bonds is 6. The van der Waals surface area contributed by atoms with E-state index in [0.717, 1.165) is 28.2 Å². The monoisotopic (exact) mass is 362 g/mol. The molecule has 0 bridgehead atoms. The molecule has 5 nitrogen and oxygen atoms in total. The summed E-state index contributed by atoms with van der Waals surface area (Å²) in [7, 11) is 3.25. The average Bonchev–Trinajstić information content (AvgIpc) is 2.73. The Morgan fingerprint density at radius 3 is 2.37 bits per heavy atom. The lowest BCUT2D eigenvalue weighted by atomic mass is 10.0. The summed E-state index contributed by atoms with van der Waals surface area (Å²) in [5.41, 5.74) is 3.28. The van der Waals surface area contributed by atoms with Crippen molar-refractivity contribution in [1.82, 2.24) is 10.3 Å². The smallest absolute Gasteiger partial charge is 0.253 e. The molecule has 27 heavy (non-hydrogen) atoms. The van der Waals surface area contributed by atoms with Gasteiger partial charge in [0.1, 0.15) is 11.5 Å². The number of nitrogens with one attached hydrogen (secondary N) is 1. The van der Waals surface area contributed by atoms with Crippen molar-refractivity contribution in [1.29, 1.82) is 0 Å². The van der Waals surface area contributed by atoms with Crippen molar-refractivity contribution in [3.63, 3.8) is 0 Å². The van der Waals surface area contributed by atoms with E-state index in [9.17, 15) is 4.79 Å². The maximum atomic E-state index is 12.7. The van der Waals surface area contributed by atoms with E-state index in [1.165, 1.54) is 0 Å². The fourth-order valence-corrected chi connectivity index (χ4v) is 2.80. The van der Waals surface area contributed by atoms with Crippen LogP contribution in [0, 0.1) is 0 Å². The molecule has 0 saturated carbocycles. The third kappa shape index (κ3) is 4.44. The first kappa shape index (κ1) is 18.5. The molecule has 0 fully saturated rings. The minimum atomic E-state index is -0.178. The summed E-state index contributed by atoms with van der Waals surface area (Å²) in [4.78, 5) is 16.9. The molecular weight excluding hydrogens is 340 g/mol. The van der Waals surface area contributed by atoms with E-state index in [-0.39, 0.29) is 11.9 Å². The van der Waals surface area contributed by atoms with Crippen molar-refractivity contribution < 1.29 is 14.3 Å². The molecule has 2 aromatic carbocycles. The van der Waals surface area contributed by atoms with Crippen molar-refractivity contribution in [2.24, 2.45) is 0 Å². The van der Waals surface area contributed by atoms with Crippen LogP contribution in [-0.2, 0) is 0 Å². The highest BCUT2D eigenvalue weighted by atomic mass is 16.5. The normalized spacial score (nSPS) is 11.5. The van der Waals surface area contributed by atoms with E-state index in [2.05, 4.69) is 10.3 Å². The van der Waals surface area contributed by atoms with E-state index < -0.39 is 0 Å². The van der Waals surface area contributed by atoms with Gasteiger partial charge >= 0.3 is 0 Å². The Balaban J connectivity index is 1.78. The molecule has 0 saturated heterocycles. The van der Waals surface area contributed by atoms with Crippen LogP contribution in [0.2, 0.25) is 0 Å². The Labute approximate surface area is 159 Å². The van der Waals surface area contributed by atoms with Gasteiger partial charge in [-0.2, -0.15) is 0 Å². The van der Waals surface area contributed by atoms with Gasteiger partial charge in [-0.3, -0.25) is 9.78 Å². The summed E-state index contributed by atoms with van der Waals surface area (Å²) in [6.45, 7) is 1.94. The van der Waals surface area contributed by atoms with Gasteiger partial charge in [0.15, 0.2) is 0 Å². The zero-order valence-corrected chi connectivity index (χ0v) is 15.6. The largest absolute Gasteiger partial charge is 0.497 e. The van der Waals surface area contributed by atoms with Gasteiger partial charge in [-0.05, 0) is 48.4 Å². The van der Waals surface area contributed by atoms with E-state index in [1.54, 1.807) is 26.6 Å². The molecule has 0 spiro atoms. The number of methoxy groups -OCH3 is 2. The quantitative estimate of drug-likeness (QED) is 0.712. The molecule has 0 unspecified atom stereocenters. The number of amides is 1. The second-order valence-electron chi connectivity index (χ2n) is 6.17. The van der Waals surface area contributed by atoms with Gasteiger partial charge in [0.05, 0.1) is 25.8 Å². The van der Waals surface area contributed by atoms with Gasteiger partial charge in [-0.25, -0.2) is 0 Å². The SMILES string of the molecule is COc1cccc(-c2cncc(C(=O)N[C@H](C)c3cccc(OC)c3)c2)c1. The Morgan fingerprint density at radius 2 is 1.63 bits per heavy atom. The minimum absolute atomic E-state index is 0.159. The highest BCUT2D eigenvalue weighted by Gasteiger charge is 2.13. The fourth-order valence-electron chi connectivity index (χ4n) is 2.80. The van der Waals surface area contributed by atoms with E-state index in [1.807, 2.05) is 61.5 Å². The number of ether oxygens (including phenoxy) is 2. The van der Waals surface area contributed by atoms with Crippen LogP contribution in [0.1, 0.15) is 28.9 Å². The van der Waals surface area contributed by atoms with Crippen LogP contribution in [0.3, 0.4) is 0 Å². The fraction of sp³-hybridized carbons (Fsp3) is 0.182. The third-order valence-electron chi connectivity index (χ3n) is 4.34. The molecule has 0 radical (unpaired) electrons. The molecule has 1 N–H and O–H groups in total. The predicted octanol–water partition coefficient (Wildman–Crippen LogP) is 4.26. The number of hydrogen-bond acceptors (Lipinski definition) is 4. The number of carbonyl (C=O) groups excluding carboxylic acids is 1. The Morgan fingerprint density at radius 1 is 0.926 bits per heavy atom. The topological polar surface area (TPSA) is 60.5 Å². The number of aromatic nitrogens is 1. The Hall–Kier alpha value is -3.34. The molecule has 1 atom stereocenters. The molecule has 0 aliphatic heterocycles. The number of pyridine rings is 1. The van der Waals surface area contributed by atoms with Crippen LogP contribution in [-0.4, -0.2) is 25.1 Å².